The predicted molar refractivity (Wildman–Crippen MR) is 136 cm³/mol. The molecule has 0 spiro atoms. The quantitative estimate of drug-likeness (QED) is 0.553. The average molecular weight is 481 g/mol. The Morgan fingerprint density at radius 2 is 1.94 bits per heavy atom. The molecule has 7 nitrogen and oxygen atoms in total. The van der Waals surface area contributed by atoms with Gasteiger partial charge in [-0.05, 0) is 57.5 Å². The zero-order chi connectivity index (χ0) is 23.5. The number of rotatable bonds is 6. The van der Waals surface area contributed by atoms with E-state index in [0.29, 0.717) is 29.1 Å². The molecule has 1 aliphatic carbocycles. The fourth-order valence-electron chi connectivity index (χ4n) is 5.79. The van der Waals surface area contributed by atoms with Crippen LogP contribution >= 0.6 is 11.6 Å². The lowest BCUT2D eigenvalue weighted by Gasteiger charge is -2.50. The fraction of sp³-hybridized carbons (Fsp3) is 0.500. The van der Waals surface area contributed by atoms with Gasteiger partial charge in [-0.15, -0.1) is 0 Å². The van der Waals surface area contributed by atoms with Crippen LogP contribution in [-0.2, 0) is 0 Å². The van der Waals surface area contributed by atoms with E-state index in [1.165, 1.54) is 32.1 Å². The zero-order valence-electron chi connectivity index (χ0n) is 19.8. The number of fused-ring (bicyclic) bond motifs is 1. The van der Waals surface area contributed by atoms with Crippen molar-refractivity contribution in [3.05, 3.63) is 53.4 Å². The molecule has 1 aromatic carbocycles. The summed E-state index contributed by atoms with van der Waals surface area (Å²) in [5, 5.41) is 8.07. The molecule has 8 heteroatoms. The highest BCUT2D eigenvalue weighted by atomic mass is 35.5. The van der Waals surface area contributed by atoms with Crippen molar-refractivity contribution in [3.63, 3.8) is 0 Å². The first kappa shape index (κ1) is 23.3. The first-order valence-electron chi connectivity index (χ1n) is 12.4. The van der Waals surface area contributed by atoms with Crippen LogP contribution in [-0.4, -0.2) is 63.6 Å². The summed E-state index contributed by atoms with van der Waals surface area (Å²) in [6, 6.07) is 7.95. The number of likely N-dealkylation sites (tertiary alicyclic amines) is 1. The van der Waals surface area contributed by atoms with Crippen molar-refractivity contribution in [2.45, 2.75) is 56.5 Å². The van der Waals surface area contributed by atoms with Crippen molar-refractivity contribution in [3.8, 4) is 5.95 Å². The minimum Gasteiger partial charge on any atom is -0.350 e. The summed E-state index contributed by atoms with van der Waals surface area (Å²) in [4.78, 5) is 25.0. The van der Waals surface area contributed by atoms with E-state index in [9.17, 15) is 4.79 Å². The molecule has 3 aromatic rings. The number of nitrogens with zero attached hydrogens (tertiary/aromatic N) is 4. The van der Waals surface area contributed by atoms with E-state index in [1.807, 2.05) is 29.0 Å². The number of benzene rings is 1. The van der Waals surface area contributed by atoms with E-state index in [4.69, 9.17) is 11.6 Å². The molecule has 3 heterocycles. The number of carbonyl (C=O) groups is 1. The molecular weight excluding hydrogens is 448 g/mol. The maximum atomic E-state index is 13.6. The third kappa shape index (κ3) is 4.44. The van der Waals surface area contributed by atoms with Crippen LogP contribution in [0.2, 0.25) is 5.02 Å². The Balaban J connectivity index is 1.43. The van der Waals surface area contributed by atoms with Gasteiger partial charge in [0.1, 0.15) is 0 Å². The monoisotopic (exact) mass is 480 g/mol. The molecule has 5 rings (SSSR count). The molecule has 2 aliphatic rings. The second kappa shape index (κ2) is 10.0. The van der Waals surface area contributed by atoms with Crippen LogP contribution < -0.4 is 10.6 Å². The molecule has 1 atom stereocenters. The number of hydrogen-bond acceptors (Lipinski definition) is 5. The number of piperidine rings is 1. The second-order valence-electron chi connectivity index (χ2n) is 9.64. The second-order valence-corrected chi connectivity index (χ2v) is 10.0. The van der Waals surface area contributed by atoms with Crippen molar-refractivity contribution >= 4 is 28.4 Å². The average Bonchev–Trinajstić information content (AvgIpc) is 3.29. The minimum atomic E-state index is -0.0973. The van der Waals surface area contributed by atoms with Gasteiger partial charge in [0, 0.05) is 48.6 Å². The van der Waals surface area contributed by atoms with E-state index in [-0.39, 0.29) is 11.4 Å². The Hall–Kier alpha value is -2.48. The van der Waals surface area contributed by atoms with Crippen LogP contribution in [0.15, 0.2) is 42.9 Å². The van der Waals surface area contributed by atoms with Gasteiger partial charge in [-0.3, -0.25) is 14.3 Å². The fourth-order valence-corrected chi connectivity index (χ4v) is 6.07. The van der Waals surface area contributed by atoms with Crippen molar-refractivity contribution in [1.82, 2.24) is 30.1 Å². The summed E-state index contributed by atoms with van der Waals surface area (Å²) < 4.78 is 1.84. The van der Waals surface area contributed by atoms with Crippen molar-refractivity contribution in [2.75, 3.05) is 26.7 Å². The number of aromatic nitrogens is 3. The van der Waals surface area contributed by atoms with Gasteiger partial charge < -0.3 is 10.6 Å². The van der Waals surface area contributed by atoms with Crippen LogP contribution in [0.5, 0.6) is 0 Å². The van der Waals surface area contributed by atoms with Gasteiger partial charge in [0.05, 0.1) is 16.1 Å². The maximum absolute atomic E-state index is 13.6. The number of halogens is 1. The Labute approximate surface area is 205 Å². The predicted octanol–water partition coefficient (Wildman–Crippen LogP) is 4.19. The summed E-state index contributed by atoms with van der Waals surface area (Å²) in [7, 11) is 2.06. The van der Waals surface area contributed by atoms with E-state index in [0.717, 1.165) is 36.8 Å². The summed E-state index contributed by atoms with van der Waals surface area (Å²) in [6.07, 6.45) is 13.6. The Morgan fingerprint density at radius 3 is 2.71 bits per heavy atom. The molecule has 1 saturated carbocycles. The summed E-state index contributed by atoms with van der Waals surface area (Å²) in [5.74, 6) is 0.420. The Kier molecular flexibility index (Phi) is 6.86. The van der Waals surface area contributed by atoms with Gasteiger partial charge in [0.15, 0.2) is 0 Å². The molecule has 2 aromatic heterocycles. The van der Waals surface area contributed by atoms with Crippen LogP contribution in [0, 0.1) is 0 Å². The zero-order valence-corrected chi connectivity index (χ0v) is 20.5. The molecule has 1 amide bonds. The third-order valence-corrected chi connectivity index (χ3v) is 7.97. The van der Waals surface area contributed by atoms with Gasteiger partial charge in [-0.1, -0.05) is 36.9 Å². The minimum absolute atomic E-state index is 0.0220. The van der Waals surface area contributed by atoms with E-state index in [1.54, 1.807) is 18.5 Å². The normalized spacial score (nSPS) is 20.9. The van der Waals surface area contributed by atoms with E-state index in [2.05, 4.69) is 32.5 Å². The highest BCUT2D eigenvalue weighted by Gasteiger charge is 2.40. The molecule has 0 radical (unpaired) electrons. The number of hydrogen-bond donors (Lipinski definition) is 2. The topological polar surface area (TPSA) is 75.1 Å². The van der Waals surface area contributed by atoms with Gasteiger partial charge in [-0.2, -0.15) is 0 Å². The van der Waals surface area contributed by atoms with Crippen LogP contribution in [0.25, 0.3) is 16.9 Å². The first-order chi connectivity index (χ1) is 16.6. The van der Waals surface area contributed by atoms with Gasteiger partial charge in [-0.25, -0.2) is 9.97 Å². The summed E-state index contributed by atoms with van der Waals surface area (Å²) >= 11 is 6.59. The number of amides is 1. The molecule has 180 valence electrons. The first-order valence-corrected chi connectivity index (χ1v) is 12.8. The lowest BCUT2D eigenvalue weighted by atomic mass is 9.78. The molecular formula is C26H33ClN6O. The van der Waals surface area contributed by atoms with Crippen molar-refractivity contribution in [2.24, 2.45) is 0 Å². The smallest absolute Gasteiger partial charge is 0.253 e. The molecule has 0 unspecified atom stereocenters. The van der Waals surface area contributed by atoms with Gasteiger partial charge in [0.2, 0.25) is 5.95 Å². The van der Waals surface area contributed by atoms with E-state index >= 15 is 0 Å². The van der Waals surface area contributed by atoms with Gasteiger partial charge >= 0.3 is 0 Å². The summed E-state index contributed by atoms with van der Waals surface area (Å²) in [6.45, 7) is 2.80. The van der Waals surface area contributed by atoms with Crippen LogP contribution in [0.4, 0.5) is 0 Å². The third-order valence-electron chi connectivity index (χ3n) is 7.65. The summed E-state index contributed by atoms with van der Waals surface area (Å²) in [5.41, 5.74) is 1.41. The lowest BCUT2D eigenvalue weighted by Crippen LogP contribution is -2.61. The highest BCUT2D eigenvalue weighted by molar-refractivity contribution is 6.37. The van der Waals surface area contributed by atoms with Crippen molar-refractivity contribution < 1.29 is 4.79 Å². The number of likely N-dealkylation sites (N-methyl/N-ethyl adjacent to an activating group) is 1. The Bertz CT molecular complexity index is 1140. The van der Waals surface area contributed by atoms with Crippen LogP contribution in [0.3, 0.4) is 0 Å². The van der Waals surface area contributed by atoms with Crippen LogP contribution in [0.1, 0.15) is 55.3 Å². The number of nitrogens with one attached hydrogen (secondary N) is 2. The molecule has 2 N–H and O–H groups in total. The molecule has 0 bridgehead atoms. The SMILES string of the molecule is CN[C@@H]1CCCN(C2(CNC(=O)c3cn(-c4ncccn4)c4cccc(Cl)c34)CCCCC2)C1. The standard InChI is InChI=1S/C26H33ClN6O/c1-28-19-8-6-15-32(16-19)26(11-3-2-4-12-26)18-31-24(34)20-17-33(25-29-13-7-14-30-25)22-10-5-9-21(27)23(20)22/h5,7,9-10,13-14,17,19,28H,2-4,6,8,11-12,15-16,18H2,1H3,(H,31,34)/t19-/m1/s1. The largest absolute Gasteiger partial charge is 0.350 e. The molecule has 1 aliphatic heterocycles. The van der Waals surface area contributed by atoms with Crippen molar-refractivity contribution in [1.29, 1.82) is 0 Å². The number of carbonyl (C=O) groups excluding carboxylic acids is 1. The Morgan fingerprint density at radius 1 is 1.15 bits per heavy atom. The molecule has 34 heavy (non-hydrogen) atoms. The maximum Gasteiger partial charge on any atom is 0.253 e. The molecule has 2 fully saturated rings. The van der Waals surface area contributed by atoms with Gasteiger partial charge in [0.25, 0.3) is 5.91 Å². The molecule has 1 saturated heterocycles. The lowest BCUT2D eigenvalue weighted by molar-refractivity contribution is 0.0231. The van der Waals surface area contributed by atoms with E-state index < -0.39 is 0 Å². The highest BCUT2D eigenvalue weighted by Crippen LogP contribution is 2.36.